The normalized spacial score (nSPS) is 33.0. The maximum atomic E-state index is 5.96. The van der Waals surface area contributed by atoms with Crippen LogP contribution in [0.2, 0.25) is 5.15 Å². The van der Waals surface area contributed by atoms with Crippen molar-refractivity contribution in [3.63, 3.8) is 0 Å². The average molecular weight is 253 g/mol. The molecule has 0 saturated carbocycles. The van der Waals surface area contributed by atoms with E-state index >= 15 is 0 Å². The fourth-order valence-electron chi connectivity index (χ4n) is 2.90. The van der Waals surface area contributed by atoms with Gasteiger partial charge in [0, 0.05) is 11.7 Å². The van der Waals surface area contributed by atoms with Gasteiger partial charge in [0.25, 0.3) is 0 Å². The number of pyridine rings is 1. The molecule has 0 unspecified atom stereocenters. The first kappa shape index (κ1) is 11.5. The first-order chi connectivity index (χ1) is 8.16. The van der Waals surface area contributed by atoms with Gasteiger partial charge in [0.15, 0.2) is 0 Å². The molecule has 3 atom stereocenters. The number of ether oxygens (including phenoxy) is 1. The summed E-state index contributed by atoms with van der Waals surface area (Å²) in [4.78, 5) is 6.85. The Morgan fingerprint density at radius 3 is 3.12 bits per heavy atom. The highest BCUT2D eigenvalue weighted by Gasteiger charge is 2.39. The molecule has 0 aromatic carbocycles. The van der Waals surface area contributed by atoms with Gasteiger partial charge in [-0.2, -0.15) is 0 Å². The minimum absolute atomic E-state index is 0.312. The summed E-state index contributed by atoms with van der Waals surface area (Å²) in [5.41, 5.74) is 2.43. The first-order valence-electron chi connectivity index (χ1n) is 6.15. The van der Waals surface area contributed by atoms with Crippen LogP contribution in [-0.2, 0) is 11.2 Å². The molecule has 0 bridgehead atoms. The van der Waals surface area contributed by atoms with Crippen molar-refractivity contribution in [3.05, 3.63) is 28.5 Å². The molecule has 1 aromatic heterocycles. The van der Waals surface area contributed by atoms with E-state index in [1.165, 1.54) is 5.56 Å². The van der Waals surface area contributed by atoms with Gasteiger partial charge in [-0.05, 0) is 38.4 Å². The van der Waals surface area contributed by atoms with Crippen LogP contribution < -0.4 is 0 Å². The zero-order valence-electron chi connectivity index (χ0n) is 10.2. The molecule has 4 heteroatoms. The third-order valence-corrected chi connectivity index (χ3v) is 4.21. The van der Waals surface area contributed by atoms with E-state index in [1.807, 2.05) is 6.07 Å². The van der Waals surface area contributed by atoms with Crippen molar-refractivity contribution in [2.75, 3.05) is 13.7 Å². The van der Waals surface area contributed by atoms with Crippen LogP contribution in [-0.4, -0.2) is 35.7 Å². The van der Waals surface area contributed by atoms with Crippen molar-refractivity contribution < 1.29 is 4.74 Å². The van der Waals surface area contributed by atoms with Gasteiger partial charge in [-0.3, -0.25) is 4.90 Å². The summed E-state index contributed by atoms with van der Waals surface area (Å²) in [5.74, 6) is 0. The fraction of sp³-hybridized carbons (Fsp3) is 0.615. The summed E-state index contributed by atoms with van der Waals surface area (Å²) in [6, 6.07) is 4.79. The zero-order valence-corrected chi connectivity index (χ0v) is 10.9. The van der Waals surface area contributed by atoms with Gasteiger partial charge < -0.3 is 4.74 Å². The van der Waals surface area contributed by atoms with Crippen LogP contribution in [0.3, 0.4) is 0 Å². The van der Waals surface area contributed by atoms with Crippen LogP contribution in [0, 0.1) is 0 Å². The lowest BCUT2D eigenvalue weighted by Crippen LogP contribution is -2.50. The molecule has 1 aliphatic carbocycles. The molecule has 0 radical (unpaired) electrons. The van der Waals surface area contributed by atoms with Crippen LogP contribution in [0.25, 0.3) is 0 Å². The van der Waals surface area contributed by atoms with Gasteiger partial charge in [-0.15, -0.1) is 0 Å². The maximum absolute atomic E-state index is 5.96. The van der Waals surface area contributed by atoms with E-state index in [-0.39, 0.29) is 0 Å². The summed E-state index contributed by atoms with van der Waals surface area (Å²) in [7, 11) is 2.18. The highest BCUT2D eigenvalue weighted by atomic mass is 35.5. The van der Waals surface area contributed by atoms with E-state index < -0.39 is 0 Å². The Morgan fingerprint density at radius 2 is 2.29 bits per heavy atom. The topological polar surface area (TPSA) is 25.4 Å². The van der Waals surface area contributed by atoms with Gasteiger partial charge >= 0.3 is 0 Å². The summed E-state index contributed by atoms with van der Waals surface area (Å²) < 4.78 is 5.95. The molecular formula is C13H17ClN2O. The molecular weight excluding hydrogens is 236 g/mol. The SMILES string of the molecule is C[C@@H]1CO[C@H]2CCc3nc(Cl)ccc3[C@H]2N1C. The Bertz CT molecular complexity index is 437. The molecule has 1 saturated heterocycles. The molecule has 1 aromatic rings. The lowest BCUT2D eigenvalue weighted by atomic mass is 9.86. The fourth-order valence-corrected chi connectivity index (χ4v) is 3.07. The minimum Gasteiger partial charge on any atom is -0.375 e. The molecule has 3 rings (SSSR count). The van der Waals surface area contributed by atoms with Gasteiger partial charge in [-0.25, -0.2) is 4.98 Å². The predicted octanol–water partition coefficient (Wildman–Crippen LogP) is 2.44. The number of aromatic nitrogens is 1. The van der Waals surface area contributed by atoms with Crippen LogP contribution in [0.5, 0.6) is 0 Å². The smallest absolute Gasteiger partial charge is 0.129 e. The highest BCUT2D eigenvalue weighted by molar-refractivity contribution is 6.29. The highest BCUT2D eigenvalue weighted by Crippen LogP contribution is 2.38. The number of morpholine rings is 1. The van der Waals surface area contributed by atoms with Gasteiger partial charge in [0.1, 0.15) is 5.15 Å². The number of aryl methyl sites for hydroxylation is 1. The maximum Gasteiger partial charge on any atom is 0.129 e. The Kier molecular flexibility index (Phi) is 2.85. The van der Waals surface area contributed by atoms with Gasteiger partial charge in [0.2, 0.25) is 0 Å². The number of rotatable bonds is 0. The number of likely N-dealkylation sites (N-methyl/N-ethyl adjacent to an activating group) is 1. The second kappa shape index (κ2) is 4.23. The molecule has 17 heavy (non-hydrogen) atoms. The van der Waals surface area contributed by atoms with E-state index in [0.29, 0.717) is 23.3 Å². The van der Waals surface area contributed by atoms with Crippen LogP contribution in [0.15, 0.2) is 12.1 Å². The monoisotopic (exact) mass is 252 g/mol. The van der Waals surface area contributed by atoms with Crippen molar-refractivity contribution in [2.24, 2.45) is 0 Å². The number of halogens is 1. The molecule has 0 spiro atoms. The third kappa shape index (κ3) is 1.86. The first-order valence-corrected chi connectivity index (χ1v) is 6.53. The third-order valence-electron chi connectivity index (χ3n) is 4.00. The average Bonchev–Trinajstić information content (AvgIpc) is 2.33. The van der Waals surface area contributed by atoms with Gasteiger partial charge in [0.05, 0.1) is 18.8 Å². The second-order valence-electron chi connectivity index (χ2n) is 5.04. The molecule has 0 amide bonds. The molecule has 1 fully saturated rings. The van der Waals surface area contributed by atoms with Crippen LogP contribution in [0.1, 0.15) is 30.6 Å². The molecule has 1 aliphatic heterocycles. The summed E-state index contributed by atoms with van der Waals surface area (Å²) >= 11 is 5.96. The van der Waals surface area contributed by atoms with E-state index in [1.54, 1.807) is 0 Å². The number of nitrogens with zero attached hydrogens (tertiary/aromatic N) is 2. The van der Waals surface area contributed by atoms with Crippen molar-refractivity contribution in [3.8, 4) is 0 Å². The quantitative estimate of drug-likeness (QED) is 0.664. The molecule has 0 N–H and O–H groups in total. The zero-order chi connectivity index (χ0) is 12.0. The second-order valence-corrected chi connectivity index (χ2v) is 5.43. The lowest BCUT2D eigenvalue weighted by Gasteiger charge is -2.46. The molecule has 2 aliphatic rings. The van der Waals surface area contributed by atoms with Crippen molar-refractivity contribution in [1.29, 1.82) is 0 Å². The predicted molar refractivity (Wildman–Crippen MR) is 67.3 cm³/mol. The largest absolute Gasteiger partial charge is 0.375 e. The van der Waals surface area contributed by atoms with Crippen molar-refractivity contribution in [1.82, 2.24) is 9.88 Å². The van der Waals surface area contributed by atoms with E-state index in [2.05, 4.69) is 29.9 Å². The van der Waals surface area contributed by atoms with Crippen LogP contribution in [0.4, 0.5) is 0 Å². The van der Waals surface area contributed by atoms with E-state index in [0.717, 1.165) is 25.1 Å². The standard InChI is InChI=1S/C13H17ClN2O/c1-8-7-17-11-5-4-10-9(13(11)16(8)2)3-6-12(14)15-10/h3,6,8,11,13H,4-5,7H2,1-2H3/t8-,11+,13-/m1/s1. The lowest BCUT2D eigenvalue weighted by molar-refractivity contribution is -0.0979. The van der Waals surface area contributed by atoms with Crippen molar-refractivity contribution in [2.45, 2.75) is 38.0 Å². The molecule has 3 nitrogen and oxygen atoms in total. The minimum atomic E-state index is 0.312. The van der Waals surface area contributed by atoms with E-state index in [4.69, 9.17) is 16.3 Å². The number of hydrogen-bond acceptors (Lipinski definition) is 3. The van der Waals surface area contributed by atoms with Crippen LogP contribution >= 0.6 is 11.6 Å². The Labute approximate surface area is 107 Å². The number of fused-ring (bicyclic) bond motifs is 3. The summed E-state index contributed by atoms with van der Waals surface area (Å²) in [6.45, 7) is 3.03. The van der Waals surface area contributed by atoms with E-state index in [9.17, 15) is 0 Å². The number of hydrogen-bond donors (Lipinski definition) is 0. The molecule has 92 valence electrons. The Hall–Kier alpha value is -0.640. The summed E-state index contributed by atoms with van der Waals surface area (Å²) in [6.07, 6.45) is 2.33. The summed E-state index contributed by atoms with van der Waals surface area (Å²) in [5, 5.41) is 0.592. The van der Waals surface area contributed by atoms with Crippen molar-refractivity contribution >= 4 is 11.6 Å². The Balaban J connectivity index is 2.02. The van der Waals surface area contributed by atoms with Gasteiger partial charge in [-0.1, -0.05) is 17.7 Å². The molecule has 2 heterocycles. The Morgan fingerprint density at radius 1 is 1.47 bits per heavy atom.